The fourth-order valence-corrected chi connectivity index (χ4v) is 2.13. The average molecular weight is 273 g/mol. The lowest BCUT2D eigenvalue weighted by Crippen LogP contribution is -2.28. The van der Waals surface area contributed by atoms with Crippen LogP contribution < -0.4 is 5.14 Å². The van der Waals surface area contributed by atoms with Crippen LogP contribution in [0, 0.1) is 0 Å². The Morgan fingerprint density at radius 3 is 2.50 bits per heavy atom. The van der Waals surface area contributed by atoms with Crippen molar-refractivity contribution in [1.29, 1.82) is 0 Å². The lowest BCUT2D eigenvalue weighted by atomic mass is 10.3. The van der Waals surface area contributed by atoms with Gasteiger partial charge in [-0.05, 0) is 19.4 Å². The van der Waals surface area contributed by atoms with Crippen molar-refractivity contribution in [2.45, 2.75) is 31.7 Å². The third kappa shape index (κ3) is 3.11. The summed E-state index contributed by atoms with van der Waals surface area (Å²) in [5.74, 6) is -0.208. The molecule has 0 radical (unpaired) electrons. The minimum atomic E-state index is -3.78. The fraction of sp³-hybridized carbons (Fsp3) is 0.545. The van der Waals surface area contributed by atoms with Gasteiger partial charge in [0.25, 0.3) is 5.91 Å². The quantitative estimate of drug-likeness (QED) is 0.854. The van der Waals surface area contributed by atoms with E-state index in [0.29, 0.717) is 18.8 Å². The molecule has 1 amide bonds. The van der Waals surface area contributed by atoms with Gasteiger partial charge in [0.2, 0.25) is 10.0 Å². The summed E-state index contributed by atoms with van der Waals surface area (Å²) in [6.07, 6.45) is 2.21. The van der Waals surface area contributed by atoms with E-state index < -0.39 is 10.0 Å². The van der Waals surface area contributed by atoms with E-state index in [4.69, 9.17) is 5.14 Å². The maximum Gasteiger partial charge on any atom is 0.270 e. The van der Waals surface area contributed by atoms with Crippen molar-refractivity contribution >= 4 is 15.9 Å². The Balaban J connectivity index is 3.25. The highest BCUT2D eigenvalue weighted by Crippen LogP contribution is 2.15. The van der Waals surface area contributed by atoms with E-state index in [-0.39, 0.29) is 10.8 Å². The number of nitrogens with two attached hydrogens (primary N) is 1. The minimum Gasteiger partial charge on any atom is -0.342 e. The molecule has 0 aromatic carbocycles. The van der Waals surface area contributed by atoms with Crippen LogP contribution in [-0.4, -0.2) is 37.4 Å². The van der Waals surface area contributed by atoms with Crippen molar-refractivity contribution in [1.82, 2.24) is 9.47 Å². The van der Waals surface area contributed by atoms with Crippen molar-refractivity contribution in [2.24, 2.45) is 5.14 Å². The van der Waals surface area contributed by atoms with E-state index in [1.807, 2.05) is 13.8 Å². The Morgan fingerprint density at radius 2 is 2.06 bits per heavy atom. The summed E-state index contributed by atoms with van der Waals surface area (Å²) < 4.78 is 24.2. The first kappa shape index (κ1) is 14.7. The number of amides is 1. The largest absolute Gasteiger partial charge is 0.342 e. The average Bonchev–Trinajstić information content (AvgIpc) is 2.71. The summed E-state index contributed by atoms with van der Waals surface area (Å²) in [5, 5.41) is 5.08. The molecular weight excluding hydrogens is 254 g/mol. The molecule has 0 aliphatic rings. The van der Waals surface area contributed by atoms with Crippen molar-refractivity contribution in [3.63, 3.8) is 0 Å². The van der Waals surface area contributed by atoms with Crippen LogP contribution >= 0.6 is 0 Å². The molecule has 0 atom stereocenters. The molecule has 18 heavy (non-hydrogen) atoms. The van der Waals surface area contributed by atoms with Crippen molar-refractivity contribution in [3.05, 3.63) is 18.0 Å². The highest BCUT2D eigenvalue weighted by atomic mass is 32.2. The summed E-state index contributed by atoms with van der Waals surface area (Å²) in [4.78, 5) is 13.6. The van der Waals surface area contributed by atoms with Gasteiger partial charge in [0.05, 0.1) is 0 Å². The molecule has 6 nitrogen and oxygen atoms in total. The number of primary sulfonamides is 1. The third-order valence-electron chi connectivity index (χ3n) is 2.70. The van der Waals surface area contributed by atoms with E-state index in [1.165, 1.54) is 17.2 Å². The van der Waals surface area contributed by atoms with Crippen LogP contribution in [0.15, 0.2) is 17.2 Å². The van der Waals surface area contributed by atoms with Gasteiger partial charge < -0.3 is 9.47 Å². The molecule has 1 heterocycles. The minimum absolute atomic E-state index is 0.0243. The summed E-state index contributed by atoms with van der Waals surface area (Å²) in [6.45, 7) is 4.94. The predicted molar refractivity (Wildman–Crippen MR) is 68.7 cm³/mol. The summed E-state index contributed by atoms with van der Waals surface area (Å²) >= 11 is 0. The van der Waals surface area contributed by atoms with Crippen molar-refractivity contribution in [2.75, 3.05) is 13.6 Å². The van der Waals surface area contributed by atoms with E-state index in [2.05, 4.69) is 0 Å². The molecular formula is C11H19N3O3S. The molecule has 0 bridgehead atoms. The standard InChI is InChI=1S/C11H19N3O3S/c1-4-6-14-8-9(18(12,16)17)7-10(14)11(15)13(3)5-2/h7-8H,4-6H2,1-3H3,(H2,12,16,17). The first-order valence-electron chi connectivity index (χ1n) is 5.79. The maximum atomic E-state index is 12.1. The smallest absolute Gasteiger partial charge is 0.270 e. The van der Waals surface area contributed by atoms with Crippen LogP contribution in [0.5, 0.6) is 0 Å². The zero-order valence-electron chi connectivity index (χ0n) is 10.9. The van der Waals surface area contributed by atoms with E-state index >= 15 is 0 Å². The summed E-state index contributed by atoms with van der Waals surface area (Å²) in [7, 11) is -2.11. The number of hydrogen-bond donors (Lipinski definition) is 1. The Hall–Kier alpha value is -1.34. The number of sulfonamides is 1. The van der Waals surface area contributed by atoms with Crippen molar-refractivity contribution in [3.8, 4) is 0 Å². The van der Waals surface area contributed by atoms with Gasteiger partial charge in [0, 0.05) is 26.3 Å². The molecule has 1 rings (SSSR count). The number of carbonyl (C=O) groups is 1. The van der Waals surface area contributed by atoms with E-state index in [1.54, 1.807) is 11.6 Å². The predicted octanol–water partition coefficient (Wildman–Crippen LogP) is 0.637. The van der Waals surface area contributed by atoms with Crippen LogP contribution in [0.3, 0.4) is 0 Å². The number of nitrogens with zero attached hydrogens (tertiary/aromatic N) is 2. The van der Waals surface area contributed by atoms with Crippen molar-refractivity contribution < 1.29 is 13.2 Å². The molecule has 1 aromatic rings. The maximum absolute atomic E-state index is 12.1. The second kappa shape index (κ2) is 5.53. The van der Waals surface area contributed by atoms with Gasteiger partial charge >= 0.3 is 0 Å². The van der Waals surface area contributed by atoms with Gasteiger partial charge in [-0.3, -0.25) is 4.79 Å². The third-order valence-corrected chi connectivity index (χ3v) is 3.59. The SMILES string of the molecule is CCCn1cc(S(N)(=O)=O)cc1C(=O)N(C)CC. The zero-order chi connectivity index (χ0) is 13.9. The molecule has 0 saturated heterocycles. The number of aromatic nitrogens is 1. The normalized spacial score (nSPS) is 11.6. The molecule has 0 unspecified atom stereocenters. The molecule has 0 saturated carbocycles. The first-order chi connectivity index (χ1) is 8.31. The zero-order valence-corrected chi connectivity index (χ0v) is 11.7. The molecule has 2 N–H and O–H groups in total. The number of carbonyl (C=O) groups excluding carboxylic acids is 1. The Labute approximate surface area is 107 Å². The molecule has 102 valence electrons. The van der Waals surface area contributed by atoms with Gasteiger partial charge in [-0.2, -0.15) is 0 Å². The molecule has 7 heteroatoms. The molecule has 1 aromatic heterocycles. The van der Waals surface area contributed by atoms with Crippen LogP contribution in [-0.2, 0) is 16.6 Å². The Kier molecular flexibility index (Phi) is 4.53. The Bertz CT molecular complexity index is 534. The summed E-state index contributed by atoms with van der Waals surface area (Å²) in [6, 6.07) is 1.33. The van der Waals surface area contributed by atoms with E-state index in [9.17, 15) is 13.2 Å². The topological polar surface area (TPSA) is 85.4 Å². The lowest BCUT2D eigenvalue weighted by molar-refractivity contribution is 0.0791. The molecule has 0 aliphatic heterocycles. The highest BCUT2D eigenvalue weighted by Gasteiger charge is 2.20. The monoisotopic (exact) mass is 273 g/mol. The van der Waals surface area contributed by atoms with Gasteiger partial charge in [-0.1, -0.05) is 6.92 Å². The second-order valence-electron chi connectivity index (χ2n) is 4.12. The fourth-order valence-electron chi connectivity index (χ4n) is 1.58. The van der Waals surface area contributed by atoms with Crippen LogP contribution in [0.4, 0.5) is 0 Å². The molecule has 0 aliphatic carbocycles. The lowest BCUT2D eigenvalue weighted by Gasteiger charge is -2.15. The van der Waals surface area contributed by atoms with Gasteiger partial charge in [0.15, 0.2) is 0 Å². The van der Waals surface area contributed by atoms with Gasteiger partial charge in [0.1, 0.15) is 10.6 Å². The van der Waals surface area contributed by atoms with Gasteiger partial charge in [-0.25, -0.2) is 13.6 Å². The first-order valence-corrected chi connectivity index (χ1v) is 7.34. The number of aryl methyl sites for hydroxylation is 1. The van der Waals surface area contributed by atoms with Crippen LogP contribution in [0.2, 0.25) is 0 Å². The highest BCUT2D eigenvalue weighted by molar-refractivity contribution is 7.89. The van der Waals surface area contributed by atoms with Crippen LogP contribution in [0.1, 0.15) is 30.8 Å². The number of hydrogen-bond acceptors (Lipinski definition) is 3. The Morgan fingerprint density at radius 1 is 1.44 bits per heavy atom. The van der Waals surface area contributed by atoms with Crippen LogP contribution in [0.25, 0.3) is 0 Å². The van der Waals surface area contributed by atoms with Gasteiger partial charge in [-0.15, -0.1) is 0 Å². The summed E-state index contributed by atoms with van der Waals surface area (Å²) in [5.41, 5.74) is 0.352. The van der Waals surface area contributed by atoms with E-state index in [0.717, 1.165) is 6.42 Å². The molecule has 0 spiro atoms. The number of rotatable bonds is 5. The molecule has 0 fully saturated rings. The second-order valence-corrected chi connectivity index (χ2v) is 5.68.